The average molecular weight is 280 g/mol. The van der Waals surface area contributed by atoms with Gasteiger partial charge < -0.3 is 10.1 Å². The van der Waals surface area contributed by atoms with Gasteiger partial charge in [0.2, 0.25) is 0 Å². The second-order valence-corrected chi connectivity index (χ2v) is 5.02. The first-order chi connectivity index (χ1) is 9.65. The number of hydrogen-bond acceptors (Lipinski definition) is 4. The summed E-state index contributed by atoms with van der Waals surface area (Å²) in [5, 5.41) is 3.17. The number of halogens is 1. The van der Waals surface area contributed by atoms with Gasteiger partial charge in [-0.05, 0) is 38.1 Å². The zero-order valence-corrected chi connectivity index (χ0v) is 11.8. The van der Waals surface area contributed by atoms with Crippen LogP contribution in [0.2, 0.25) is 0 Å². The molecule has 0 saturated carbocycles. The topological polar surface area (TPSA) is 41.6 Å². The van der Waals surface area contributed by atoms with Gasteiger partial charge in [0.1, 0.15) is 5.82 Å². The van der Waals surface area contributed by atoms with E-state index in [0.717, 1.165) is 45.8 Å². The second-order valence-electron chi connectivity index (χ2n) is 5.02. The number of Topliss-reactive ketones (excluding diaryl/α,β-unsaturated/α-hetero) is 1. The quantitative estimate of drug-likeness (QED) is 0.640. The van der Waals surface area contributed by atoms with Gasteiger partial charge in [0.15, 0.2) is 5.78 Å². The van der Waals surface area contributed by atoms with E-state index >= 15 is 0 Å². The van der Waals surface area contributed by atoms with Crippen molar-refractivity contribution in [1.29, 1.82) is 0 Å². The molecule has 0 aromatic heterocycles. The van der Waals surface area contributed by atoms with Crippen molar-refractivity contribution < 1.29 is 13.9 Å². The van der Waals surface area contributed by atoms with Crippen LogP contribution in [-0.4, -0.2) is 50.1 Å². The van der Waals surface area contributed by atoms with Gasteiger partial charge in [0.05, 0.1) is 13.2 Å². The number of nitrogens with zero attached hydrogens (tertiary/aromatic N) is 1. The molecule has 110 valence electrons. The fourth-order valence-electron chi connectivity index (χ4n) is 2.26. The summed E-state index contributed by atoms with van der Waals surface area (Å²) in [5.74, 6) is -0.505. The Hall–Kier alpha value is -1.46. The first-order valence-corrected chi connectivity index (χ1v) is 7.00. The van der Waals surface area contributed by atoms with E-state index in [1.54, 1.807) is 6.07 Å². The molecule has 0 aliphatic carbocycles. The lowest BCUT2D eigenvalue weighted by Gasteiger charge is -2.26. The number of nitrogens with one attached hydrogen (secondary N) is 1. The van der Waals surface area contributed by atoms with E-state index in [1.807, 2.05) is 0 Å². The van der Waals surface area contributed by atoms with Gasteiger partial charge in [-0.2, -0.15) is 0 Å². The average Bonchev–Trinajstić information content (AvgIpc) is 2.44. The lowest BCUT2D eigenvalue weighted by atomic mass is 10.1. The molecule has 0 unspecified atom stereocenters. The highest BCUT2D eigenvalue weighted by atomic mass is 19.1. The molecule has 1 heterocycles. The molecule has 0 amide bonds. The fourth-order valence-corrected chi connectivity index (χ4v) is 2.26. The maximum absolute atomic E-state index is 13.4. The first kappa shape index (κ1) is 14.9. The number of hydrogen-bond donors (Lipinski definition) is 1. The van der Waals surface area contributed by atoms with E-state index in [-0.39, 0.29) is 11.6 Å². The van der Waals surface area contributed by atoms with Crippen LogP contribution in [0.4, 0.5) is 10.1 Å². The van der Waals surface area contributed by atoms with Crippen LogP contribution in [0.3, 0.4) is 0 Å². The zero-order valence-electron chi connectivity index (χ0n) is 11.8. The maximum Gasteiger partial charge on any atom is 0.159 e. The summed E-state index contributed by atoms with van der Waals surface area (Å²) in [5.41, 5.74) is 1.07. The highest BCUT2D eigenvalue weighted by molar-refractivity contribution is 5.94. The van der Waals surface area contributed by atoms with Crippen LogP contribution < -0.4 is 5.32 Å². The van der Waals surface area contributed by atoms with Crippen molar-refractivity contribution in [1.82, 2.24) is 4.90 Å². The SMILES string of the molecule is CC(=O)c1cc(F)cc(NCCCN2CCOCC2)c1. The number of anilines is 1. The minimum Gasteiger partial charge on any atom is -0.385 e. The Balaban J connectivity index is 1.77. The van der Waals surface area contributed by atoms with E-state index in [0.29, 0.717) is 11.3 Å². The molecule has 1 aromatic carbocycles. The third-order valence-corrected chi connectivity index (χ3v) is 3.39. The molecule has 1 saturated heterocycles. The molecule has 1 fully saturated rings. The number of carbonyl (C=O) groups excluding carboxylic acids is 1. The predicted molar refractivity (Wildman–Crippen MR) is 76.8 cm³/mol. The molecule has 5 heteroatoms. The van der Waals surface area contributed by atoms with Gasteiger partial charge in [-0.25, -0.2) is 4.39 Å². The van der Waals surface area contributed by atoms with Gasteiger partial charge in [-0.1, -0.05) is 0 Å². The summed E-state index contributed by atoms with van der Waals surface area (Å²) in [4.78, 5) is 13.6. The highest BCUT2D eigenvalue weighted by Gasteiger charge is 2.09. The molecule has 1 aromatic rings. The smallest absolute Gasteiger partial charge is 0.159 e. The molecule has 4 nitrogen and oxygen atoms in total. The van der Waals surface area contributed by atoms with Crippen LogP contribution in [0.25, 0.3) is 0 Å². The standard InChI is InChI=1S/C15H21FN2O2/c1-12(19)13-9-14(16)11-15(10-13)17-3-2-4-18-5-7-20-8-6-18/h9-11,17H,2-8H2,1H3. The molecule has 0 atom stereocenters. The van der Waals surface area contributed by atoms with Crippen LogP contribution in [0.1, 0.15) is 23.7 Å². The summed E-state index contributed by atoms with van der Waals surface area (Å²) in [7, 11) is 0. The van der Waals surface area contributed by atoms with Crippen molar-refractivity contribution in [3.05, 3.63) is 29.6 Å². The molecule has 0 spiro atoms. The molecule has 0 radical (unpaired) electrons. The van der Waals surface area contributed by atoms with Crippen LogP contribution in [0, 0.1) is 5.82 Å². The third-order valence-electron chi connectivity index (χ3n) is 3.39. The van der Waals surface area contributed by atoms with Gasteiger partial charge >= 0.3 is 0 Å². The monoisotopic (exact) mass is 280 g/mol. The second kappa shape index (κ2) is 7.36. The Bertz CT molecular complexity index is 459. The summed E-state index contributed by atoms with van der Waals surface area (Å²) in [6, 6.07) is 4.38. The minimum absolute atomic E-state index is 0.124. The molecule has 2 rings (SSSR count). The number of benzene rings is 1. The lowest BCUT2D eigenvalue weighted by molar-refractivity contribution is 0.0378. The lowest BCUT2D eigenvalue weighted by Crippen LogP contribution is -2.37. The van der Waals surface area contributed by atoms with Crippen molar-refractivity contribution in [3.8, 4) is 0 Å². The number of carbonyl (C=O) groups is 1. The van der Waals surface area contributed by atoms with Crippen LogP contribution >= 0.6 is 0 Å². The first-order valence-electron chi connectivity index (χ1n) is 7.00. The summed E-state index contributed by atoms with van der Waals surface area (Å²) in [6.45, 7) is 6.78. The van der Waals surface area contributed by atoms with Crippen molar-refractivity contribution in [3.63, 3.8) is 0 Å². The number of rotatable bonds is 6. The van der Waals surface area contributed by atoms with Gasteiger partial charge in [0.25, 0.3) is 0 Å². The van der Waals surface area contributed by atoms with Gasteiger partial charge in [-0.3, -0.25) is 9.69 Å². The fraction of sp³-hybridized carbons (Fsp3) is 0.533. The van der Waals surface area contributed by atoms with Crippen LogP contribution in [-0.2, 0) is 4.74 Å². The molecule has 1 aliphatic rings. The van der Waals surface area contributed by atoms with E-state index in [9.17, 15) is 9.18 Å². The Kier molecular flexibility index (Phi) is 5.49. The number of ether oxygens (including phenoxy) is 1. The molecule has 0 bridgehead atoms. The van der Waals surface area contributed by atoms with E-state index in [1.165, 1.54) is 19.1 Å². The van der Waals surface area contributed by atoms with E-state index in [4.69, 9.17) is 4.74 Å². The zero-order chi connectivity index (χ0) is 14.4. The minimum atomic E-state index is -0.381. The molecular formula is C15H21FN2O2. The predicted octanol–water partition coefficient (Wildman–Crippen LogP) is 2.16. The summed E-state index contributed by atoms with van der Waals surface area (Å²) in [6.07, 6.45) is 0.978. The van der Waals surface area contributed by atoms with E-state index in [2.05, 4.69) is 10.2 Å². The third kappa shape index (κ3) is 4.58. The van der Waals surface area contributed by atoms with Crippen molar-refractivity contribution in [2.75, 3.05) is 44.7 Å². The van der Waals surface area contributed by atoms with Crippen molar-refractivity contribution in [2.24, 2.45) is 0 Å². The Morgan fingerprint density at radius 1 is 1.35 bits per heavy atom. The van der Waals surface area contributed by atoms with E-state index < -0.39 is 0 Å². The molecule has 1 aliphatic heterocycles. The number of morpholine rings is 1. The van der Waals surface area contributed by atoms with Crippen molar-refractivity contribution in [2.45, 2.75) is 13.3 Å². The van der Waals surface area contributed by atoms with Crippen molar-refractivity contribution >= 4 is 11.5 Å². The molecular weight excluding hydrogens is 259 g/mol. The normalized spacial score (nSPS) is 16.1. The molecule has 20 heavy (non-hydrogen) atoms. The summed E-state index contributed by atoms with van der Waals surface area (Å²) >= 11 is 0. The maximum atomic E-state index is 13.4. The highest BCUT2D eigenvalue weighted by Crippen LogP contribution is 2.14. The van der Waals surface area contributed by atoms with Gasteiger partial charge in [0, 0.05) is 30.9 Å². The van der Waals surface area contributed by atoms with Crippen LogP contribution in [0.15, 0.2) is 18.2 Å². The Morgan fingerprint density at radius 2 is 2.10 bits per heavy atom. The van der Waals surface area contributed by atoms with Gasteiger partial charge in [-0.15, -0.1) is 0 Å². The largest absolute Gasteiger partial charge is 0.385 e. The number of ketones is 1. The molecule has 1 N–H and O–H groups in total. The Labute approximate surface area is 118 Å². The summed E-state index contributed by atoms with van der Waals surface area (Å²) < 4.78 is 18.7. The van der Waals surface area contributed by atoms with Crippen LogP contribution in [0.5, 0.6) is 0 Å². The Morgan fingerprint density at radius 3 is 2.80 bits per heavy atom.